The molecule has 0 aromatic heterocycles. The number of carbonyl (C=O) groups is 1. The van der Waals surface area contributed by atoms with Gasteiger partial charge in [0.25, 0.3) is 5.91 Å². The van der Waals surface area contributed by atoms with Crippen molar-refractivity contribution in [2.45, 2.75) is 13.0 Å². The summed E-state index contributed by atoms with van der Waals surface area (Å²) in [5.41, 5.74) is 0.875. The third-order valence-corrected chi connectivity index (χ3v) is 3.10. The number of carbonyl (C=O) groups excluding carboxylic acids is 1. The maximum atomic E-state index is 12.1. The number of hydrogen-bond acceptors (Lipinski definition) is 5. The smallest absolute Gasteiger partial charge is 0.263 e. The number of nitrogens with one attached hydrogen (secondary N) is 1. The molecule has 0 aliphatic carbocycles. The molecule has 1 rings (SSSR count). The molecule has 22 heavy (non-hydrogen) atoms. The van der Waals surface area contributed by atoms with Crippen LogP contribution in [0.4, 0.5) is 0 Å². The molecule has 3 N–H and O–H groups in total. The number of nitrogens with zero attached hydrogens (tertiary/aromatic N) is 2. The first kappa shape index (κ1) is 17.7. The molecule has 0 fully saturated rings. The van der Waals surface area contributed by atoms with E-state index in [0.717, 1.165) is 5.56 Å². The number of benzene rings is 1. The molecule has 0 spiro atoms. The number of aliphatic hydroxyl groups excluding tert-OH is 2. The van der Waals surface area contributed by atoms with Crippen molar-refractivity contribution in [1.29, 1.82) is 5.26 Å². The zero-order valence-corrected chi connectivity index (χ0v) is 12.6. The fourth-order valence-corrected chi connectivity index (χ4v) is 1.92. The number of rotatable bonds is 8. The quantitative estimate of drug-likeness (QED) is 0.481. The van der Waals surface area contributed by atoms with E-state index in [2.05, 4.69) is 5.32 Å². The molecule has 0 aliphatic rings. The van der Waals surface area contributed by atoms with Gasteiger partial charge in [-0.1, -0.05) is 30.3 Å². The van der Waals surface area contributed by atoms with Crippen LogP contribution in [0, 0.1) is 11.3 Å². The van der Waals surface area contributed by atoms with Crippen LogP contribution in [-0.2, 0) is 4.79 Å². The minimum atomic E-state index is -0.486. The normalized spacial score (nSPS) is 12.4. The van der Waals surface area contributed by atoms with E-state index in [4.69, 9.17) is 15.5 Å². The Morgan fingerprint density at radius 1 is 1.32 bits per heavy atom. The van der Waals surface area contributed by atoms with Gasteiger partial charge >= 0.3 is 0 Å². The van der Waals surface area contributed by atoms with E-state index in [9.17, 15) is 4.79 Å². The van der Waals surface area contributed by atoms with Crippen LogP contribution in [0.1, 0.15) is 18.5 Å². The maximum absolute atomic E-state index is 12.1. The van der Waals surface area contributed by atoms with Gasteiger partial charge in [0.15, 0.2) is 0 Å². The Bertz CT molecular complexity index is 531. The third kappa shape index (κ3) is 5.56. The molecule has 1 atom stereocenters. The fraction of sp³-hybridized carbons (Fsp3) is 0.375. The van der Waals surface area contributed by atoms with E-state index in [0.29, 0.717) is 0 Å². The minimum absolute atomic E-state index is 0.0651. The standard InChI is InChI=1S/C16H21N3O3/c1-13(14-5-3-2-4-6-14)18-16(22)15(11-17)12-19(7-9-20)8-10-21/h2-6,12-13,20-21H,7-10H2,1H3,(H,18,22)/b15-12-. The molecule has 1 unspecified atom stereocenters. The summed E-state index contributed by atoms with van der Waals surface area (Å²) in [5.74, 6) is -0.486. The van der Waals surface area contributed by atoms with Crippen molar-refractivity contribution in [3.05, 3.63) is 47.7 Å². The Balaban J connectivity index is 2.77. The number of aliphatic hydroxyl groups is 2. The fourth-order valence-electron chi connectivity index (χ4n) is 1.92. The molecule has 6 nitrogen and oxygen atoms in total. The van der Waals surface area contributed by atoms with E-state index in [-0.39, 0.29) is 37.9 Å². The van der Waals surface area contributed by atoms with Gasteiger partial charge in [0.05, 0.1) is 19.3 Å². The van der Waals surface area contributed by atoms with Crippen molar-refractivity contribution < 1.29 is 15.0 Å². The first-order valence-electron chi connectivity index (χ1n) is 7.05. The molecule has 1 amide bonds. The first-order valence-corrected chi connectivity index (χ1v) is 7.05. The summed E-state index contributed by atoms with van der Waals surface area (Å²) in [6.07, 6.45) is 1.36. The second kappa shape index (κ2) is 9.55. The monoisotopic (exact) mass is 303 g/mol. The summed E-state index contributed by atoms with van der Waals surface area (Å²) in [6.45, 7) is 2.07. The number of amides is 1. The van der Waals surface area contributed by atoms with Crippen molar-refractivity contribution >= 4 is 5.91 Å². The molecule has 0 saturated carbocycles. The molecule has 0 bridgehead atoms. The lowest BCUT2D eigenvalue weighted by Crippen LogP contribution is -2.30. The Hall–Kier alpha value is -2.36. The average Bonchev–Trinajstić information content (AvgIpc) is 2.53. The lowest BCUT2D eigenvalue weighted by atomic mass is 10.1. The molecular weight excluding hydrogens is 282 g/mol. The van der Waals surface area contributed by atoms with Crippen molar-refractivity contribution in [2.75, 3.05) is 26.3 Å². The van der Waals surface area contributed by atoms with Gasteiger partial charge in [-0.25, -0.2) is 0 Å². The van der Waals surface area contributed by atoms with Gasteiger partial charge in [-0.2, -0.15) is 5.26 Å². The number of nitriles is 1. The Morgan fingerprint density at radius 3 is 2.41 bits per heavy atom. The highest BCUT2D eigenvalue weighted by Crippen LogP contribution is 2.12. The van der Waals surface area contributed by atoms with Crippen LogP contribution in [0.15, 0.2) is 42.1 Å². The molecule has 0 heterocycles. The van der Waals surface area contributed by atoms with Crippen molar-refractivity contribution in [2.24, 2.45) is 0 Å². The summed E-state index contributed by atoms with van der Waals surface area (Å²) in [4.78, 5) is 13.7. The zero-order chi connectivity index (χ0) is 16.4. The van der Waals surface area contributed by atoms with Crippen LogP contribution in [0.3, 0.4) is 0 Å². The van der Waals surface area contributed by atoms with Gasteiger partial charge in [-0.3, -0.25) is 4.79 Å². The van der Waals surface area contributed by atoms with E-state index >= 15 is 0 Å². The lowest BCUT2D eigenvalue weighted by molar-refractivity contribution is -0.117. The van der Waals surface area contributed by atoms with Crippen molar-refractivity contribution in [1.82, 2.24) is 10.2 Å². The summed E-state index contributed by atoms with van der Waals surface area (Å²) in [7, 11) is 0. The van der Waals surface area contributed by atoms with Crippen molar-refractivity contribution in [3.8, 4) is 6.07 Å². The average molecular weight is 303 g/mol. The van der Waals surface area contributed by atoms with Gasteiger partial charge < -0.3 is 20.4 Å². The number of hydrogen-bond donors (Lipinski definition) is 3. The molecular formula is C16H21N3O3. The van der Waals surface area contributed by atoms with Gasteiger partial charge in [0.2, 0.25) is 0 Å². The molecule has 0 radical (unpaired) electrons. The van der Waals surface area contributed by atoms with E-state index < -0.39 is 5.91 Å². The van der Waals surface area contributed by atoms with Crippen LogP contribution in [-0.4, -0.2) is 47.3 Å². The highest BCUT2D eigenvalue weighted by atomic mass is 16.3. The van der Waals surface area contributed by atoms with Gasteiger partial charge in [0.1, 0.15) is 11.6 Å². The van der Waals surface area contributed by atoms with Crippen LogP contribution < -0.4 is 5.32 Å². The maximum Gasteiger partial charge on any atom is 0.263 e. The van der Waals surface area contributed by atoms with E-state index in [1.54, 1.807) is 0 Å². The van der Waals surface area contributed by atoms with Crippen LogP contribution >= 0.6 is 0 Å². The highest BCUT2D eigenvalue weighted by Gasteiger charge is 2.14. The Morgan fingerprint density at radius 2 is 1.91 bits per heavy atom. The van der Waals surface area contributed by atoms with E-state index in [1.807, 2.05) is 43.3 Å². The molecule has 1 aromatic carbocycles. The topological polar surface area (TPSA) is 96.6 Å². The van der Waals surface area contributed by atoms with Crippen molar-refractivity contribution in [3.63, 3.8) is 0 Å². The highest BCUT2D eigenvalue weighted by molar-refractivity contribution is 5.97. The summed E-state index contributed by atoms with van der Waals surface area (Å²) >= 11 is 0. The Labute approximate surface area is 130 Å². The Kier molecular flexibility index (Phi) is 7.68. The second-order valence-electron chi connectivity index (χ2n) is 4.74. The third-order valence-electron chi connectivity index (χ3n) is 3.10. The van der Waals surface area contributed by atoms with E-state index in [1.165, 1.54) is 11.1 Å². The van der Waals surface area contributed by atoms with Gasteiger partial charge in [-0.15, -0.1) is 0 Å². The SMILES string of the molecule is CC(NC(=O)/C(C#N)=C\N(CCO)CCO)c1ccccc1. The predicted molar refractivity (Wildman–Crippen MR) is 82.4 cm³/mol. The van der Waals surface area contributed by atoms with Crippen LogP contribution in [0.25, 0.3) is 0 Å². The van der Waals surface area contributed by atoms with Gasteiger partial charge in [0, 0.05) is 19.3 Å². The molecule has 6 heteroatoms. The molecule has 1 aromatic rings. The lowest BCUT2D eigenvalue weighted by Gasteiger charge is -2.19. The summed E-state index contributed by atoms with van der Waals surface area (Å²) in [5, 5.41) is 29.8. The molecule has 118 valence electrons. The summed E-state index contributed by atoms with van der Waals surface area (Å²) < 4.78 is 0. The van der Waals surface area contributed by atoms with Gasteiger partial charge in [-0.05, 0) is 12.5 Å². The first-order chi connectivity index (χ1) is 10.6. The second-order valence-corrected chi connectivity index (χ2v) is 4.74. The minimum Gasteiger partial charge on any atom is -0.395 e. The summed E-state index contributed by atoms with van der Waals surface area (Å²) in [6, 6.07) is 11.1. The molecule has 0 aliphatic heterocycles. The predicted octanol–water partition coefficient (Wildman–Crippen LogP) is 0.558. The van der Waals surface area contributed by atoms with Crippen LogP contribution in [0.2, 0.25) is 0 Å². The largest absolute Gasteiger partial charge is 0.395 e. The zero-order valence-electron chi connectivity index (χ0n) is 12.6. The van der Waals surface area contributed by atoms with Crippen LogP contribution in [0.5, 0.6) is 0 Å². The molecule has 0 saturated heterocycles.